The minimum Gasteiger partial charge on any atom is -0.497 e. The van der Waals surface area contributed by atoms with E-state index in [4.69, 9.17) is 9.47 Å². The Morgan fingerprint density at radius 2 is 2.06 bits per heavy atom. The Labute approximate surface area is 180 Å². The first-order valence-corrected chi connectivity index (χ1v) is 9.90. The molecule has 1 aromatic heterocycles. The van der Waals surface area contributed by atoms with Crippen molar-refractivity contribution in [3.05, 3.63) is 66.5 Å². The van der Waals surface area contributed by atoms with Crippen LogP contribution >= 0.6 is 0 Å². The second-order valence-corrected chi connectivity index (χ2v) is 6.94. The van der Waals surface area contributed by atoms with E-state index < -0.39 is 24.3 Å². The van der Waals surface area contributed by atoms with Crippen molar-refractivity contribution in [1.82, 2.24) is 15.6 Å². The fourth-order valence-electron chi connectivity index (χ4n) is 3.10. The first-order valence-electron chi connectivity index (χ1n) is 9.90. The molecule has 31 heavy (non-hydrogen) atoms. The first kappa shape index (κ1) is 22.3. The Balaban J connectivity index is 1.49. The SMILES string of the molecule is COc1cccc(NC(=O)N[C@@H]2C=C[C@@H](CC(=O)NCc3ccccn3)O[C@H]2CO)c1. The van der Waals surface area contributed by atoms with Crippen molar-refractivity contribution in [3.8, 4) is 5.75 Å². The number of methoxy groups -OCH3 is 1. The lowest BCUT2D eigenvalue weighted by atomic mass is 10.0. The molecule has 3 atom stereocenters. The lowest BCUT2D eigenvalue weighted by Gasteiger charge is -2.31. The van der Waals surface area contributed by atoms with Crippen LogP contribution in [-0.2, 0) is 16.1 Å². The fourth-order valence-corrected chi connectivity index (χ4v) is 3.10. The molecule has 0 radical (unpaired) electrons. The van der Waals surface area contributed by atoms with Gasteiger partial charge >= 0.3 is 6.03 Å². The van der Waals surface area contributed by atoms with E-state index in [1.165, 1.54) is 0 Å². The van der Waals surface area contributed by atoms with Gasteiger partial charge in [-0.25, -0.2) is 4.79 Å². The molecule has 1 aliphatic heterocycles. The van der Waals surface area contributed by atoms with Gasteiger partial charge in [-0.1, -0.05) is 24.3 Å². The summed E-state index contributed by atoms with van der Waals surface area (Å²) in [5, 5.41) is 17.9. The third-order valence-electron chi connectivity index (χ3n) is 4.67. The predicted molar refractivity (Wildman–Crippen MR) is 115 cm³/mol. The second-order valence-electron chi connectivity index (χ2n) is 6.94. The predicted octanol–water partition coefficient (Wildman–Crippen LogP) is 1.60. The first-order chi connectivity index (χ1) is 15.1. The molecule has 0 bridgehead atoms. The number of carbonyl (C=O) groups excluding carboxylic acids is 2. The van der Waals surface area contributed by atoms with Crippen LogP contribution in [0.25, 0.3) is 0 Å². The van der Waals surface area contributed by atoms with Crippen molar-refractivity contribution < 1.29 is 24.2 Å². The highest BCUT2D eigenvalue weighted by Gasteiger charge is 2.29. The molecule has 2 aromatic rings. The van der Waals surface area contributed by atoms with Gasteiger partial charge < -0.3 is 30.5 Å². The fraction of sp³-hybridized carbons (Fsp3) is 0.318. The summed E-state index contributed by atoms with van der Waals surface area (Å²) in [6, 6.07) is 11.5. The van der Waals surface area contributed by atoms with Crippen LogP contribution in [0.1, 0.15) is 12.1 Å². The van der Waals surface area contributed by atoms with Gasteiger partial charge in [0.05, 0.1) is 44.5 Å². The highest BCUT2D eigenvalue weighted by Crippen LogP contribution is 2.18. The summed E-state index contributed by atoms with van der Waals surface area (Å²) in [5.41, 5.74) is 1.33. The Hall–Kier alpha value is -3.43. The number of benzene rings is 1. The van der Waals surface area contributed by atoms with Crippen LogP contribution in [-0.4, -0.2) is 54.0 Å². The number of ether oxygens (including phenoxy) is 2. The van der Waals surface area contributed by atoms with Crippen molar-refractivity contribution in [3.63, 3.8) is 0 Å². The van der Waals surface area contributed by atoms with E-state index in [1.54, 1.807) is 49.7 Å². The molecule has 9 nitrogen and oxygen atoms in total. The summed E-state index contributed by atoms with van der Waals surface area (Å²) in [6.07, 6.45) is 4.03. The number of nitrogens with one attached hydrogen (secondary N) is 3. The summed E-state index contributed by atoms with van der Waals surface area (Å²) in [6.45, 7) is 0.0225. The van der Waals surface area contributed by atoms with Crippen LogP contribution in [0, 0.1) is 0 Å². The van der Waals surface area contributed by atoms with Crippen LogP contribution in [0.4, 0.5) is 10.5 Å². The average molecular weight is 426 g/mol. The minimum atomic E-state index is -0.672. The Morgan fingerprint density at radius 3 is 2.81 bits per heavy atom. The number of aromatic nitrogens is 1. The third-order valence-corrected chi connectivity index (χ3v) is 4.67. The number of urea groups is 1. The molecule has 1 aliphatic rings. The van der Waals surface area contributed by atoms with Gasteiger partial charge in [0.2, 0.25) is 5.91 Å². The summed E-state index contributed by atoms with van der Waals surface area (Å²) in [5.74, 6) is 0.426. The number of pyridine rings is 1. The zero-order chi connectivity index (χ0) is 22.1. The zero-order valence-corrected chi connectivity index (χ0v) is 17.2. The van der Waals surface area contributed by atoms with E-state index in [0.717, 1.165) is 5.69 Å². The van der Waals surface area contributed by atoms with Gasteiger partial charge in [0.1, 0.15) is 11.9 Å². The normalized spacial score (nSPS) is 20.0. The van der Waals surface area contributed by atoms with Crippen molar-refractivity contribution in [2.45, 2.75) is 31.2 Å². The van der Waals surface area contributed by atoms with E-state index in [9.17, 15) is 14.7 Å². The van der Waals surface area contributed by atoms with Crippen molar-refractivity contribution >= 4 is 17.6 Å². The Bertz CT molecular complexity index is 906. The monoisotopic (exact) mass is 426 g/mol. The smallest absolute Gasteiger partial charge is 0.319 e. The molecule has 2 heterocycles. The molecule has 0 unspecified atom stereocenters. The summed E-state index contributed by atoms with van der Waals surface area (Å²) in [4.78, 5) is 28.7. The summed E-state index contributed by atoms with van der Waals surface area (Å²) >= 11 is 0. The van der Waals surface area contributed by atoms with Crippen LogP contribution in [0.5, 0.6) is 5.75 Å². The van der Waals surface area contributed by atoms with E-state index in [1.807, 2.05) is 18.2 Å². The highest BCUT2D eigenvalue weighted by atomic mass is 16.5. The van der Waals surface area contributed by atoms with E-state index in [-0.39, 0.29) is 18.9 Å². The number of anilines is 1. The third kappa shape index (κ3) is 6.80. The largest absolute Gasteiger partial charge is 0.497 e. The number of aliphatic hydroxyl groups excluding tert-OH is 1. The summed E-state index contributed by atoms with van der Waals surface area (Å²) < 4.78 is 10.9. The van der Waals surface area contributed by atoms with Gasteiger partial charge in [0, 0.05) is 18.0 Å². The number of amides is 3. The second kappa shape index (κ2) is 11.1. The number of hydrogen-bond donors (Lipinski definition) is 4. The average Bonchev–Trinajstić information content (AvgIpc) is 2.79. The quantitative estimate of drug-likeness (QED) is 0.476. The number of hydrogen-bond acceptors (Lipinski definition) is 6. The number of carbonyl (C=O) groups is 2. The number of aliphatic hydroxyl groups is 1. The van der Waals surface area contributed by atoms with E-state index in [2.05, 4.69) is 20.9 Å². The molecule has 164 valence electrons. The maximum absolute atomic E-state index is 12.3. The zero-order valence-electron chi connectivity index (χ0n) is 17.2. The molecule has 0 saturated carbocycles. The number of rotatable bonds is 8. The van der Waals surface area contributed by atoms with Gasteiger partial charge in [0.25, 0.3) is 0 Å². The van der Waals surface area contributed by atoms with Gasteiger partial charge in [-0.3, -0.25) is 9.78 Å². The maximum Gasteiger partial charge on any atom is 0.319 e. The highest BCUT2D eigenvalue weighted by molar-refractivity contribution is 5.89. The molecule has 9 heteroatoms. The van der Waals surface area contributed by atoms with Crippen LogP contribution in [0.15, 0.2) is 60.8 Å². The molecular formula is C22H26N4O5. The van der Waals surface area contributed by atoms with E-state index in [0.29, 0.717) is 18.0 Å². The minimum absolute atomic E-state index is 0.0998. The van der Waals surface area contributed by atoms with Gasteiger partial charge in [0.15, 0.2) is 0 Å². The molecular weight excluding hydrogens is 400 g/mol. The van der Waals surface area contributed by atoms with Crippen molar-refractivity contribution in [1.29, 1.82) is 0 Å². The lowest BCUT2D eigenvalue weighted by molar-refractivity contribution is -0.125. The molecule has 0 fully saturated rings. The van der Waals surface area contributed by atoms with E-state index >= 15 is 0 Å². The van der Waals surface area contributed by atoms with Gasteiger partial charge in [-0.2, -0.15) is 0 Å². The molecule has 3 rings (SSSR count). The molecule has 1 aromatic carbocycles. The standard InChI is InChI=1S/C22H26N4O5/c1-30-17-7-4-6-15(11-17)25-22(29)26-19-9-8-18(31-20(19)14-27)12-21(28)24-13-16-5-2-3-10-23-16/h2-11,18-20,27H,12-14H2,1H3,(H,24,28)(H2,25,26,29)/t18-,19+,20-/m0/s1. The van der Waals surface area contributed by atoms with Crippen molar-refractivity contribution in [2.75, 3.05) is 19.0 Å². The van der Waals surface area contributed by atoms with Gasteiger partial charge in [-0.05, 0) is 24.3 Å². The summed E-state index contributed by atoms with van der Waals surface area (Å²) in [7, 11) is 1.55. The molecule has 0 spiro atoms. The molecule has 3 amide bonds. The Kier molecular flexibility index (Phi) is 7.97. The number of nitrogens with zero attached hydrogens (tertiary/aromatic N) is 1. The lowest BCUT2D eigenvalue weighted by Crippen LogP contribution is -2.50. The molecule has 0 aliphatic carbocycles. The molecule has 0 saturated heterocycles. The van der Waals surface area contributed by atoms with Gasteiger partial charge in [-0.15, -0.1) is 0 Å². The Morgan fingerprint density at radius 1 is 1.19 bits per heavy atom. The molecule has 4 N–H and O–H groups in total. The van der Waals surface area contributed by atoms with Crippen LogP contribution in [0.2, 0.25) is 0 Å². The van der Waals surface area contributed by atoms with Crippen LogP contribution in [0.3, 0.4) is 0 Å². The topological polar surface area (TPSA) is 122 Å². The maximum atomic E-state index is 12.3. The van der Waals surface area contributed by atoms with Crippen molar-refractivity contribution in [2.24, 2.45) is 0 Å². The van der Waals surface area contributed by atoms with Crippen LogP contribution < -0.4 is 20.7 Å².